The van der Waals surface area contributed by atoms with Gasteiger partial charge in [0.05, 0.1) is 11.5 Å². The minimum Gasteiger partial charge on any atom is -0.493 e. The number of ether oxygens (including phenoxy) is 1. The molecule has 3 atom stereocenters. The van der Waals surface area contributed by atoms with Crippen LogP contribution in [0.2, 0.25) is 0 Å². The number of benzene rings is 2. The lowest BCUT2D eigenvalue weighted by molar-refractivity contribution is -0.280. The molecule has 37 heavy (non-hydrogen) atoms. The Morgan fingerprint density at radius 1 is 1.16 bits per heavy atom. The normalized spacial score (nSPS) is 24.8. The van der Waals surface area contributed by atoms with Gasteiger partial charge in [-0.15, -0.1) is 0 Å². The van der Waals surface area contributed by atoms with E-state index >= 15 is 0 Å². The molecule has 0 radical (unpaired) electrons. The van der Waals surface area contributed by atoms with Crippen LogP contribution >= 0.6 is 11.5 Å². The van der Waals surface area contributed by atoms with E-state index in [2.05, 4.69) is 14.1 Å². The zero-order chi connectivity index (χ0) is 26.4. The van der Waals surface area contributed by atoms with Crippen LogP contribution in [0.25, 0.3) is 0 Å². The summed E-state index contributed by atoms with van der Waals surface area (Å²) in [6.07, 6.45) is -4.32. The Morgan fingerprint density at radius 3 is 2.59 bits per heavy atom. The van der Waals surface area contributed by atoms with Crippen molar-refractivity contribution in [2.24, 2.45) is 0 Å². The summed E-state index contributed by atoms with van der Waals surface area (Å²) in [6.45, 7) is 0.127. The maximum absolute atomic E-state index is 13.8. The number of piperidine rings is 1. The first-order valence-corrected chi connectivity index (χ1v) is 13.6. The summed E-state index contributed by atoms with van der Waals surface area (Å²) in [5.41, 5.74) is -1.83. The van der Waals surface area contributed by atoms with Crippen LogP contribution in [-0.2, 0) is 10.0 Å². The molecule has 0 spiro atoms. The van der Waals surface area contributed by atoms with E-state index in [4.69, 9.17) is 4.74 Å². The smallest absolute Gasteiger partial charge is 0.417 e. The number of aliphatic hydroxyl groups is 1. The molecular formula is C23H22F4N4O4S2. The molecule has 5 rings (SSSR count). The number of rotatable bonds is 5. The topological polar surface area (TPSA) is 105 Å². The van der Waals surface area contributed by atoms with Crippen LogP contribution in [0.15, 0.2) is 53.7 Å². The molecular weight excluding hydrogens is 536 g/mol. The maximum Gasteiger partial charge on any atom is 0.417 e. The average Bonchev–Trinajstić information content (AvgIpc) is 3.35. The van der Waals surface area contributed by atoms with E-state index in [1.54, 1.807) is 6.07 Å². The molecule has 2 N–H and O–H groups in total. The van der Waals surface area contributed by atoms with Gasteiger partial charge in [0.2, 0.25) is 5.13 Å². The van der Waals surface area contributed by atoms with Gasteiger partial charge in [-0.2, -0.15) is 17.5 Å². The SMILES string of the molecule is O=S(=O)(Nc1ncns1)c1ccc2c(c1)OCC[C@@H]2N1CCC(O)(C(F)(F)F)CC1c1ccc(F)cc1. The highest BCUT2D eigenvalue weighted by molar-refractivity contribution is 7.93. The number of nitrogens with one attached hydrogen (secondary N) is 1. The molecule has 3 heterocycles. The summed E-state index contributed by atoms with van der Waals surface area (Å²) in [4.78, 5) is 5.60. The van der Waals surface area contributed by atoms with Crippen molar-refractivity contribution in [1.29, 1.82) is 0 Å². The fourth-order valence-corrected chi connectivity index (χ4v) is 6.56. The van der Waals surface area contributed by atoms with Gasteiger partial charge in [0.25, 0.3) is 10.0 Å². The molecule has 0 bridgehead atoms. The van der Waals surface area contributed by atoms with Gasteiger partial charge < -0.3 is 9.84 Å². The van der Waals surface area contributed by atoms with Crippen molar-refractivity contribution in [2.45, 2.75) is 48.0 Å². The van der Waals surface area contributed by atoms with Crippen molar-refractivity contribution in [2.75, 3.05) is 17.9 Å². The summed E-state index contributed by atoms with van der Waals surface area (Å²) < 4.78 is 92.3. The Bertz CT molecular complexity index is 1370. The number of hydrogen-bond donors (Lipinski definition) is 2. The first-order valence-electron chi connectivity index (χ1n) is 11.3. The molecule has 2 aliphatic heterocycles. The number of alkyl halides is 3. The number of anilines is 1. The Kier molecular flexibility index (Phi) is 6.63. The fraction of sp³-hybridized carbons (Fsp3) is 0.391. The molecule has 14 heteroatoms. The average molecular weight is 559 g/mol. The van der Waals surface area contributed by atoms with Crippen LogP contribution in [0.3, 0.4) is 0 Å². The van der Waals surface area contributed by atoms with Gasteiger partial charge in [0, 0.05) is 54.6 Å². The van der Waals surface area contributed by atoms with Gasteiger partial charge in [-0.1, -0.05) is 18.2 Å². The lowest BCUT2D eigenvalue weighted by Gasteiger charge is -2.48. The third-order valence-corrected chi connectivity index (χ3v) is 8.83. The van der Waals surface area contributed by atoms with E-state index in [9.17, 15) is 31.1 Å². The van der Waals surface area contributed by atoms with E-state index in [0.29, 0.717) is 23.3 Å². The van der Waals surface area contributed by atoms with Crippen molar-refractivity contribution < 1.29 is 35.8 Å². The van der Waals surface area contributed by atoms with Crippen molar-refractivity contribution in [3.05, 3.63) is 65.7 Å². The predicted octanol–water partition coefficient (Wildman–Crippen LogP) is 4.43. The zero-order valence-electron chi connectivity index (χ0n) is 19.2. The number of nitrogens with zero attached hydrogens (tertiary/aromatic N) is 3. The summed E-state index contributed by atoms with van der Waals surface area (Å²) in [7, 11) is -3.98. The van der Waals surface area contributed by atoms with E-state index in [0.717, 1.165) is 11.5 Å². The Morgan fingerprint density at radius 2 is 1.92 bits per heavy atom. The molecule has 1 fully saturated rings. The van der Waals surface area contributed by atoms with Crippen molar-refractivity contribution in [1.82, 2.24) is 14.3 Å². The van der Waals surface area contributed by atoms with Crippen LogP contribution in [0.1, 0.15) is 42.5 Å². The lowest BCUT2D eigenvalue weighted by atomic mass is 9.81. The number of likely N-dealkylation sites (tertiary alicyclic amines) is 1. The second-order valence-electron chi connectivity index (χ2n) is 8.99. The van der Waals surface area contributed by atoms with E-state index in [1.165, 1.54) is 42.7 Å². The van der Waals surface area contributed by atoms with Crippen LogP contribution < -0.4 is 9.46 Å². The van der Waals surface area contributed by atoms with E-state index in [1.807, 2.05) is 4.90 Å². The minimum atomic E-state index is -4.83. The summed E-state index contributed by atoms with van der Waals surface area (Å²) in [6, 6.07) is 8.27. The molecule has 8 nitrogen and oxygen atoms in total. The highest BCUT2D eigenvalue weighted by Crippen LogP contribution is 2.50. The summed E-state index contributed by atoms with van der Waals surface area (Å²) >= 11 is 0.880. The van der Waals surface area contributed by atoms with Gasteiger partial charge in [-0.3, -0.25) is 9.62 Å². The van der Waals surface area contributed by atoms with Crippen molar-refractivity contribution in [3.8, 4) is 5.75 Å². The quantitative estimate of drug-likeness (QED) is 0.447. The number of aromatic nitrogens is 2. The third-order valence-electron chi connectivity index (χ3n) is 6.78. The highest BCUT2D eigenvalue weighted by atomic mass is 32.2. The first-order chi connectivity index (χ1) is 17.5. The fourth-order valence-electron chi connectivity index (χ4n) is 4.89. The van der Waals surface area contributed by atoms with Crippen molar-refractivity contribution in [3.63, 3.8) is 0 Å². The second-order valence-corrected chi connectivity index (χ2v) is 11.5. The zero-order valence-corrected chi connectivity index (χ0v) is 20.8. The molecule has 0 amide bonds. The maximum atomic E-state index is 13.8. The van der Waals surface area contributed by atoms with Gasteiger partial charge in [0.15, 0.2) is 5.60 Å². The molecule has 2 unspecified atom stereocenters. The lowest BCUT2D eigenvalue weighted by Crippen LogP contribution is -2.55. The third kappa shape index (κ3) is 5.02. The molecule has 0 saturated carbocycles. The van der Waals surface area contributed by atoms with Gasteiger partial charge in [-0.05, 0) is 30.2 Å². The van der Waals surface area contributed by atoms with Crippen LogP contribution in [0.5, 0.6) is 5.75 Å². The van der Waals surface area contributed by atoms with Gasteiger partial charge in [0.1, 0.15) is 17.9 Å². The van der Waals surface area contributed by atoms with Crippen LogP contribution in [-0.4, -0.2) is 52.7 Å². The first kappa shape index (κ1) is 25.8. The molecule has 0 aliphatic carbocycles. The summed E-state index contributed by atoms with van der Waals surface area (Å²) in [5, 5.41) is 10.6. The highest BCUT2D eigenvalue weighted by Gasteiger charge is 2.57. The predicted molar refractivity (Wildman–Crippen MR) is 126 cm³/mol. The van der Waals surface area contributed by atoms with Crippen molar-refractivity contribution >= 4 is 26.7 Å². The van der Waals surface area contributed by atoms with Crippen LogP contribution in [0.4, 0.5) is 22.7 Å². The Hall–Kier alpha value is -2.81. The molecule has 198 valence electrons. The molecule has 3 aromatic rings. The Balaban J connectivity index is 1.48. The molecule has 1 aromatic heterocycles. The van der Waals surface area contributed by atoms with E-state index in [-0.39, 0.29) is 23.2 Å². The number of halogens is 4. The monoisotopic (exact) mass is 558 g/mol. The van der Waals surface area contributed by atoms with Gasteiger partial charge in [-0.25, -0.2) is 17.8 Å². The number of sulfonamides is 1. The van der Waals surface area contributed by atoms with Crippen LogP contribution in [0, 0.1) is 5.82 Å². The largest absolute Gasteiger partial charge is 0.493 e. The number of fused-ring (bicyclic) bond motifs is 1. The number of hydrogen-bond acceptors (Lipinski definition) is 8. The standard InChI is InChI=1S/C23H22F4N4O4S2/c24-15-3-1-14(2-4-15)19-12-22(32,23(25,26)27)8-9-31(19)18-7-10-35-20-11-16(5-6-17(18)20)37(33,34)30-21-28-13-29-36-21/h1-6,11,13,18-19,32H,7-10,12H2,(H,28,29,30)/t18-,19?,22?/m0/s1. The molecule has 2 aromatic carbocycles. The van der Waals surface area contributed by atoms with E-state index < -0.39 is 52.5 Å². The Labute approximate surface area is 214 Å². The second kappa shape index (κ2) is 9.49. The molecule has 1 saturated heterocycles. The summed E-state index contributed by atoms with van der Waals surface area (Å²) in [5.74, 6) is -0.226. The molecule has 2 aliphatic rings. The minimum absolute atomic E-state index is 0.0673. The van der Waals surface area contributed by atoms with Gasteiger partial charge >= 0.3 is 6.18 Å².